The highest BCUT2D eigenvalue weighted by Gasteiger charge is 2.24. The third kappa shape index (κ3) is 5.34. The maximum absolute atomic E-state index is 10.3. The maximum atomic E-state index is 10.3. The van der Waals surface area contributed by atoms with E-state index in [1.54, 1.807) is 0 Å². The summed E-state index contributed by atoms with van der Waals surface area (Å²) in [6, 6.07) is 20.8. The predicted octanol–water partition coefficient (Wildman–Crippen LogP) is 4.18. The van der Waals surface area contributed by atoms with E-state index in [1.807, 2.05) is 18.2 Å². The van der Waals surface area contributed by atoms with Crippen LogP contribution >= 0.6 is 0 Å². The fourth-order valence-electron chi connectivity index (χ4n) is 4.18. The number of piperazine rings is 1. The van der Waals surface area contributed by atoms with Crippen molar-refractivity contribution in [1.82, 2.24) is 14.9 Å². The van der Waals surface area contributed by atoms with Gasteiger partial charge in [-0.25, -0.2) is 9.97 Å². The van der Waals surface area contributed by atoms with E-state index in [9.17, 15) is 5.11 Å². The molecule has 0 amide bonds. The second-order valence-electron chi connectivity index (χ2n) is 9.06. The lowest BCUT2D eigenvalue weighted by Gasteiger charge is -2.37. The summed E-state index contributed by atoms with van der Waals surface area (Å²) in [5.41, 5.74) is 4.55. The summed E-state index contributed by atoms with van der Waals surface area (Å²) in [6.45, 7) is 10.6. The minimum absolute atomic E-state index is 0.277. The highest BCUT2D eigenvalue weighted by molar-refractivity contribution is 5.61. The summed E-state index contributed by atoms with van der Waals surface area (Å²) in [7, 11) is 0. The van der Waals surface area contributed by atoms with E-state index in [4.69, 9.17) is 9.97 Å². The number of aliphatic hydroxyl groups is 1. The Hall–Kier alpha value is -2.76. The summed E-state index contributed by atoms with van der Waals surface area (Å²) < 4.78 is 0. The molecule has 0 spiro atoms. The molecule has 2 heterocycles. The van der Waals surface area contributed by atoms with Crippen LogP contribution in [0, 0.1) is 12.8 Å². The van der Waals surface area contributed by atoms with Crippen molar-refractivity contribution in [1.29, 1.82) is 0 Å². The van der Waals surface area contributed by atoms with Crippen molar-refractivity contribution in [3.05, 3.63) is 77.5 Å². The van der Waals surface area contributed by atoms with Crippen molar-refractivity contribution in [2.24, 2.45) is 5.92 Å². The SMILES string of the molecule is Cc1nc(-c2ccccc2)nc(N2CCN(CC(O)C(C)C)CC2)c1Cc1ccccc1. The largest absolute Gasteiger partial charge is 0.392 e. The van der Waals surface area contributed by atoms with Gasteiger partial charge in [0, 0.05) is 56.0 Å². The molecule has 1 aromatic heterocycles. The monoisotopic (exact) mass is 430 g/mol. The molecule has 1 saturated heterocycles. The number of β-amino-alcohol motifs (C(OH)–C–C–N with tert-alkyl or cyclic N) is 1. The lowest BCUT2D eigenvalue weighted by atomic mass is 10.0. The zero-order valence-electron chi connectivity index (χ0n) is 19.4. The summed E-state index contributed by atoms with van der Waals surface area (Å²) in [5.74, 6) is 2.11. The number of anilines is 1. The van der Waals surface area contributed by atoms with Crippen LogP contribution in [-0.2, 0) is 6.42 Å². The number of aliphatic hydroxyl groups excluding tert-OH is 1. The lowest BCUT2D eigenvalue weighted by Crippen LogP contribution is -2.49. The molecule has 1 aliphatic rings. The molecule has 1 N–H and O–H groups in total. The Balaban J connectivity index is 1.62. The Kier molecular flexibility index (Phi) is 7.18. The van der Waals surface area contributed by atoms with Crippen molar-refractivity contribution in [3.63, 3.8) is 0 Å². The van der Waals surface area contributed by atoms with Crippen molar-refractivity contribution >= 4 is 5.82 Å². The van der Waals surface area contributed by atoms with E-state index < -0.39 is 0 Å². The molecule has 168 valence electrons. The summed E-state index contributed by atoms with van der Waals surface area (Å²) in [4.78, 5) is 14.7. The van der Waals surface area contributed by atoms with Gasteiger partial charge in [-0.2, -0.15) is 0 Å². The Morgan fingerprint density at radius 2 is 1.50 bits per heavy atom. The number of nitrogens with zero attached hydrogens (tertiary/aromatic N) is 4. The molecule has 1 aliphatic heterocycles. The molecule has 1 unspecified atom stereocenters. The molecule has 1 fully saturated rings. The Morgan fingerprint density at radius 1 is 0.875 bits per heavy atom. The number of aryl methyl sites for hydroxylation is 1. The fraction of sp³-hybridized carbons (Fsp3) is 0.407. The van der Waals surface area contributed by atoms with Crippen LogP contribution in [0.3, 0.4) is 0 Å². The van der Waals surface area contributed by atoms with E-state index in [1.165, 1.54) is 11.1 Å². The molecule has 2 aromatic carbocycles. The molecular weight excluding hydrogens is 396 g/mol. The molecule has 5 nitrogen and oxygen atoms in total. The van der Waals surface area contributed by atoms with Crippen LogP contribution in [0.25, 0.3) is 11.4 Å². The average Bonchev–Trinajstić information content (AvgIpc) is 2.82. The molecule has 0 saturated carbocycles. The van der Waals surface area contributed by atoms with Gasteiger partial charge in [0.25, 0.3) is 0 Å². The van der Waals surface area contributed by atoms with Crippen LogP contribution in [0.5, 0.6) is 0 Å². The van der Waals surface area contributed by atoms with E-state index in [2.05, 4.69) is 73.0 Å². The number of benzene rings is 2. The van der Waals surface area contributed by atoms with Crippen LogP contribution in [-0.4, -0.2) is 58.8 Å². The quantitative estimate of drug-likeness (QED) is 0.609. The first-order chi connectivity index (χ1) is 15.5. The minimum atomic E-state index is -0.277. The van der Waals surface area contributed by atoms with Gasteiger partial charge in [0.2, 0.25) is 0 Å². The van der Waals surface area contributed by atoms with Gasteiger partial charge in [-0.15, -0.1) is 0 Å². The van der Waals surface area contributed by atoms with E-state index >= 15 is 0 Å². The van der Waals surface area contributed by atoms with Gasteiger partial charge >= 0.3 is 0 Å². The van der Waals surface area contributed by atoms with Crippen molar-refractivity contribution in [2.75, 3.05) is 37.6 Å². The Morgan fingerprint density at radius 3 is 2.12 bits per heavy atom. The first-order valence-corrected chi connectivity index (χ1v) is 11.6. The molecule has 4 rings (SSSR count). The zero-order valence-corrected chi connectivity index (χ0v) is 19.4. The van der Waals surface area contributed by atoms with Gasteiger partial charge < -0.3 is 10.0 Å². The van der Waals surface area contributed by atoms with Crippen LogP contribution in [0.2, 0.25) is 0 Å². The number of rotatable bonds is 7. The highest BCUT2D eigenvalue weighted by atomic mass is 16.3. The van der Waals surface area contributed by atoms with Gasteiger partial charge in [-0.05, 0) is 18.4 Å². The summed E-state index contributed by atoms with van der Waals surface area (Å²) >= 11 is 0. The highest BCUT2D eigenvalue weighted by Crippen LogP contribution is 2.28. The number of hydrogen-bond donors (Lipinski definition) is 1. The van der Waals surface area contributed by atoms with Crippen molar-refractivity contribution in [2.45, 2.75) is 33.3 Å². The smallest absolute Gasteiger partial charge is 0.161 e. The van der Waals surface area contributed by atoms with Gasteiger partial charge in [-0.1, -0.05) is 74.5 Å². The average molecular weight is 431 g/mol. The topological polar surface area (TPSA) is 52.5 Å². The van der Waals surface area contributed by atoms with Crippen molar-refractivity contribution < 1.29 is 5.11 Å². The van der Waals surface area contributed by atoms with Crippen LogP contribution in [0.4, 0.5) is 5.82 Å². The summed E-state index contributed by atoms with van der Waals surface area (Å²) in [5, 5.41) is 10.3. The molecular formula is C27H34N4O. The Bertz CT molecular complexity index is 999. The third-order valence-electron chi connectivity index (χ3n) is 6.33. The van der Waals surface area contributed by atoms with Crippen molar-refractivity contribution in [3.8, 4) is 11.4 Å². The van der Waals surface area contributed by atoms with Crippen LogP contribution < -0.4 is 4.90 Å². The molecule has 5 heteroatoms. The van der Waals surface area contributed by atoms with E-state index in [0.29, 0.717) is 0 Å². The molecule has 1 atom stereocenters. The van der Waals surface area contributed by atoms with Gasteiger partial charge in [0.15, 0.2) is 5.82 Å². The molecule has 0 aliphatic carbocycles. The Labute approximate surface area is 191 Å². The van der Waals surface area contributed by atoms with Crippen LogP contribution in [0.15, 0.2) is 60.7 Å². The maximum Gasteiger partial charge on any atom is 0.161 e. The van der Waals surface area contributed by atoms with Crippen LogP contribution in [0.1, 0.15) is 30.7 Å². The first kappa shape index (κ1) is 22.4. The first-order valence-electron chi connectivity index (χ1n) is 11.6. The zero-order chi connectivity index (χ0) is 22.5. The normalized spacial score (nSPS) is 15.8. The van der Waals surface area contributed by atoms with E-state index in [0.717, 1.165) is 62.0 Å². The fourth-order valence-corrected chi connectivity index (χ4v) is 4.18. The second-order valence-corrected chi connectivity index (χ2v) is 9.06. The second kappa shape index (κ2) is 10.2. The predicted molar refractivity (Wildman–Crippen MR) is 131 cm³/mol. The molecule has 0 bridgehead atoms. The molecule has 32 heavy (non-hydrogen) atoms. The van der Waals surface area contributed by atoms with Gasteiger partial charge in [-0.3, -0.25) is 4.90 Å². The number of aromatic nitrogens is 2. The van der Waals surface area contributed by atoms with Gasteiger partial charge in [0.1, 0.15) is 5.82 Å². The molecule has 3 aromatic rings. The lowest BCUT2D eigenvalue weighted by molar-refractivity contribution is 0.0738. The summed E-state index contributed by atoms with van der Waals surface area (Å²) in [6.07, 6.45) is 0.546. The molecule has 0 radical (unpaired) electrons. The third-order valence-corrected chi connectivity index (χ3v) is 6.33. The van der Waals surface area contributed by atoms with E-state index in [-0.39, 0.29) is 12.0 Å². The number of hydrogen-bond acceptors (Lipinski definition) is 5. The minimum Gasteiger partial charge on any atom is -0.392 e. The standard InChI is InChI=1S/C27H34N4O/c1-20(2)25(32)19-30-14-16-31(17-15-30)27-24(18-22-10-6-4-7-11-22)21(3)28-26(29-27)23-12-8-5-9-13-23/h4-13,20,25,32H,14-19H2,1-3H3. The van der Waals surface area contributed by atoms with Gasteiger partial charge in [0.05, 0.1) is 6.10 Å².